The van der Waals surface area contributed by atoms with Crippen molar-refractivity contribution in [3.05, 3.63) is 48.3 Å². The molecule has 8 nitrogen and oxygen atoms in total. The molecule has 21 heavy (non-hydrogen) atoms. The molecule has 110 valence electrons. The lowest BCUT2D eigenvalue weighted by Gasteiger charge is -2.07. The molecule has 8 heteroatoms. The van der Waals surface area contributed by atoms with Gasteiger partial charge in [0, 0.05) is 38.2 Å². The first-order valence-corrected chi connectivity index (χ1v) is 6.31. The number of carbonyl (C=O) groups excluding carboxylic acids is 1. The third kappa shape index (κ3) is 4.60. The SMILES string of the molecule is O=C(NCCn1cnc(C(=O)O)c1)NCc1cccnc1. The van der Waals surface area contributed by atoms with Crippen LogP contribution in [0, 0.1) is 0 Å². The molecular weight excluding hydrogens is 274 g/mol. The van der Waals surface area contributed by atoms with Crippen LogP contribution >= 0.6 is 0 Å². The van der Waals surface area contributed by atoms with Crippen LogP contribution < -0.4 is 10.6 Å². The molecule has 0 atom stereocenters. The lowest BCUT2D eigenvalue weighted by molar-refractivity contribution is 0.0691. The minimum atomic E-state index is -1.07. The van der Waals surface area contributed by atoms with Crippen molar-refractivity contribution in [1.82, 2.24) is 25.2 Å². The number of carboxylic acid groups (broad SMARTS) is 1. The molecule has 0 aliphatic carbocycles. The number of carboxylic acids is 1. The van der Waals surface area contributed by atoms with Crippen LogP contribution in [-0.2, 0) is 13.1 Å². The molecule has 2 rings (SSSR count). The lowest BCUT2D eigenvalue weighted by atomic mass is 10.3. The number of urea groups is 1. The van der Waals surface area contributed by atoms with Crippen molar-refractivity contribution in [1.29, 1.82) is 0 Å². The van der Waals surface area contributed by atoms with E-state index in [-0.39, 0.29) is 11.7 Å². The number of carbonyl (C=O) groups is 2. The second kappa shape index (κ2) is 7.04. The summed E-state index contributed by atoms with van der Waals surface area (Å²) >= 11 is 0. The van der Waals surface area contributed by atoms with Crippen molar-refractivity contribution in [2.45, 2.75) is 13.1 Å². The first-order valence-electron chi connectivity index (χ1n) is 6.31. The fourth-order valence-electron chi connectivity index (χ4n) is 1.64. The van der Waals surface area contributed by atoms with E-state index in [1.165, 1.54) is 12.5 Å². The van der Waals surface area contributed by atoms with Gasteiger partial charge in [-0.2, -0.15) is 0 Å². The Balaban J connectivity index is 1.68. The van der Waals surface area contributed by atoms with Gasteiger partial charge < -0.3 is 20.3 Å². The van der Waals surface area contributed by atoms with Gasteiger partial charge in [0.2, 0.25) is 0 Å². The minimum Gasteiger partial charge on any atom is -0.476 e. The Morgan fingerprint density at radius 1 is 1.33 bits per heavy atom. The zero-order chi connectivity index (χ0) is 15.1. The molecule has 0 saturated heterocycles. The van der Waals surface area contributed by atoms with Gasteiger partial charge in [-0.1, -0.05) is 6.07 Å². The van der Waals surface area contributed by atoms with E-state index in [1.54, 1.807) is 23.0 Å². The van der Waals surface area contributed by atoms with Crippen LogP contribution in [0.3, 0.4) is 0 Å². The normalized spacial score (nSPS) is 10.1. The topological polar surface area (TPSA) is 109 Å². The maximum absolute atomic E-state index is 11.6. The summed E-state index contributed by atoms with van der Waals surface area (Å²) in [4.78, 5) is 29.9. The quantitative estimate of drug-likeness (QED) is 0.716. The van der Waals surface area contributed by atoms with Gasteiger partial charge in [-0.05, 0) is 11.6 Å². The number of imidazole rings is 1. The van der Waals surface area contributed by atoms with Crippen molar-refractivity contribution in [3.8, 4) is 0 Å². The monoisotopic (exact) mass is 289 g/mol. The Hall–Kier alpha value is -2.90. The number of hydrogen-bond acceptors (Lipinski definition) is 4. The summed E-state index contributed by atoms with van der Waals surface area (Å²) < 4.78 is 1.60. The summed E-state index contributed by atoms with van der Waals surface area (Å²) in [7, 11) is 0. The minimum absolute atomic E-state index is 0.0176. The van der Waals surface area contributed by atoms with E-state index in [0.29, 0.717) is 19.6 Å². The highest BCUT2D eigenvalue weighted by Crippen LogP contribution is 1.96. The Labute approximate surface area is 120 Å². The van der Waals surface area contributed by atoms with E-state index >= 15 is 0 Å². The van der Waals surface area contributed by atoms with Gasteiger partial charge in [0.1, 0.15) is 0 Å². The van der Waals surface area contributed by atoms with Gasteiger partial charge in [0.25, 0.3) is 0 Å². The van der Waals surface area contributed by atoms with Crippen LogP contribution in [-0.4, -0.2) is 38.2 Å². The van der Waals surface area contributed by atoms with Gasteiger partial charge in [-0.25, -0.2) is 14.6 Å². The Bertz CT molecular complexity index is 611. The van der Waals surface area contributed by atoms with Crippen LogP contribution in [0.25, 0.3) is 0 Å². The molecule has 2 aromatic heterocycles. The maximum atomic E-state index is 11.6. The highest BCUT2D eigenvalue weighted by Gasteiger charge is 2.06. The van der Waals surface area contributed by atoms with Crippen molar-refractivity contribution >= 4 is 12.0 Å². The molecule has 0 unspecified atom stereocenters. The Kier molecular flexibility index (Phi) is 4.86. The summed E-state index contributed by atoms with van der Waals surface area (Å²) in [5, 5.41) is 14.1. The number of pyridine rings is 1. The molecule has 0 radical (unpaired) electrons. The zero-order valence-electron chi connectivity index (χ0n) is 11.2. The largest absolute Gasteiger partial charge is 0.476 e. The predicted molar refractivity (Wildman–Crippen MR) is 73.7 cm³/mol. The van der Waals surface area contributed by atoms with Crippen LogP contribution in [0.2, 0.25) is 0 Å². The molecule has 0 aliphatic heterocycles. The smallest absolute Gasteiger partial charge is 0.356 e. The van der Waals surface area contributed by atoms with Gasteiger partial charge in [0.05, 0.1) is 6.33 Å². The zero-order valence-corrected chi connectivity index (χ0v) is 11.2. The van der Waals surface area contributed by atoms with Crippen LogP contribution in [0.5, 0.6) is 0 Å². The first-order chi connectivity index (χ1) is 10.1. The number of rotatable bonds is 6. The maximum Gasteiger partial charge on any atom is 0.356 e. The molecule has 2 aromatic rings. The first kappa shape index (κ1) is 14.5. The van der Waals surface area contributed by atoms with Crippen LogP contribution in [0.4, 0.5) is 4.79 Å². The van der Waals surface area contributed by atoms with Gasteiger partial charge in [-0.3, -0.25) is 4.98 Å². The third-order valence-electron chi connectivity index (χ3n) is 2.68. The number of aromatic nitrogens is 3. The average Bonchev–Trinajstić information content (AvgIpc) is 2.95. The molecule has 0 spiro atoms. The fourth-order valence-corrected chi connectivity index (χ4v) is 1.64. The summed E-state index contributed by atoms with van der Waals surface area (Å²) in [6.07, 6.45) is 6.18. The molecule has 0 fully saturated rings. The fraction of sp³-hybridized carbons (Fsp3) is 0.231. The van der Waals surface area contributed by atoms with E-state index in [0.717, 1.165) is 5.56 Å². The molecule has 0 bridgehead atoms. The van der Waals surface area contributed by atoms with Crippen molar-refractivity contribution < 1.29 is 14.7 Å². The Morgan fingerprint density at radius 3 is 2.86 bits per heavy atom. The molecule has 3 N–H and O–H groups in total. The predicted octanol–water partition coefficient (Wildman–Crippen LogP) is 0.476. The summed E-state index contributed by atoms with van der Waals surface area (Å²) in [5.41, 5.74) is 0.893. The molecule has 0 saturated carbocycles. The van der Waals surface area contributed by atoms with Crippen LogP contribution in [0.1, 0.15) is 16.1 Å². The number of aromatic carboxylic acids is 1. The van der Waals surface area contributed by atoms with E-state index in [4.69, 9.17) is 5.11 Å². The summed E-state index contributed by atoms with van der Waals surface area (Å²) in [6.45, 7) is 1.21. The van der Waals surface area contributed by atoms with Crippen molar-refractivity contribution in [2.75, 3.05) is 6.54 Å². The molecule has 2 amide bonds. The molecule has 0 aromatic carbocycles. The van der Waals surface area contributed by atoms with E-state index in [1.807, 2.05) is 6.07 Å². The second-order valence-corrected chi connectivity index (χ2v) is 4.27. The number of nitrogens with one attached hydrogen (secondary N) is 2. The summed E-state index contributed by atoms with van der Waals surface area (Å²) in [5.74, 6) is -1.07. The third-order valence-corrected chi connectivity index (χ3v) is 2.68. The Morgan fingerprint density at radius 2 is 2.19 bits per heavy atom. The van der Waals surface area contributed by atoms with E-state index in [2.05, 4.69) is 20.6 Å². The van der Waals surface area contributed by atoms with Gasteiger partial charge in [0.15, 0.2) is 5.69 Å². The van der Waals surface area contributed by atoms with E-state index in [9.17, 15) is 9.59 Å². The average molecular weight is 289 g/mol. The van der Waals surface area contributed by atoms with E-state index < -0.39 is 5.97 Å². The van der Waals surface area contributed by atoms with Crippen LogP contribution in [0.15, 0.2) is 37.1 Å². The number of nitrogens with zero attached hydrogens (tertiary/aromatic N) is 3. The second-order valence-electron chi connectivity index (χ2n) is 4.27. The van der Waals surface area contributed by atoms with Gasteiger partial charge >= 0.3 is 12.0 Å². The lowest BCUT2D eigenvalue weighted by Crippen LogP contribution is -2.36. The highest BCUT2D eigenvalue weighted by atomic mass is 16.4. The summed E-state index contributed by atoms with van der Waals surface area (Å²) in [6, 6.07) is 3.37. The standard InChI is InChI=1S/C13H15N5O3/c19-12(20)11-8-18(9-17-11)5-4-15-13(21)16-7-10-2-1-3-14-6-10/h1-3,6,8-9H,4-5,7H2,(H,19,20)(H2,15,16,21). The van der Waals surface area contributed by atoms with Gasteiger partial charge in [-0.15, -0.1) is 0 Å². The number of amides is 2. The van der Waals surface area contributed by atoms with Crippen molar-refractivity contribution in [3.63, 3.8) is 0 Å². The molecule has 2 heterocycles. The molecular formula is C13H15N5O3. The van der Waals surface area contributed by atoms with Crippen molar-refractivity contribution in [2.24, 2.45) is 0 Å². The molecule has 0 aliphatic rings. The highest BCUT2D eigenvalue weighted by molar-refractivity contribution is 5.84. The number of hydrogen-bond donors (Lipinski definition) is 3.